The van der Waals surface area contributed by atoms with Gasteiger partial charge in [-0.25, -0.2) is 4.98 Å². The number of amides is 1. The Morgan fingerprint density at radius 3 is 3.04 bits per heavy atom. The van der Waals surface area contributed by atoms with Crippen molar-refractivity contribution in [1.29, 1.82) is 0 Å². The van der Waals surface area contributed by atoms with Gasteiger partial charge in [-0.1, -0.05) is 6.07 Å². The molecule has 1 amide bonds. The molecule has 1 aliphatic heterocycles. The lowest BCUT2D eigenvalue weighted by Gasteiger charge is -2.14. The predicted molar refractivity (Wildman–Crippen MR) is 97.4 cm³/mol. The molecule has 0 radical (unpaired) electrons. The standard InChI is InChI=1S/C18H23N7O/c1-23-9-13(10-24-7-5-14(19)11-24)17(22-23)18(26)20-8-15-12-25-6-3-2-4-16(25)21-15/h2-4,6,9,12,14H,5,7-8,10-11,19H2,1H3,(H,20,26). The Balaban J connectivity index is 1.44. The Morgan fingerprint density at radius 2 is 2.27 bits per heavy atom. The van der Waals surface area contributed by atoms with Crippen LogP contribution in [0.2, 0.25) is 0 Å². The van der Waals surface area contributed by atoms with E-state index in [0.29, 0.717) is 18.8 Å². The number of imidazole rings is 1. The lowest BCUT2D eigenvalue weighted by Crippen LogP contribution is -2.28. The summed E-state index contributed by atoms with van der Waals surface area (Å²) in [5, 5.41) is 7.28. The molecule has 1 fully saturated rings. The highest BCUT2D eigenvalue weighted by atomic mass is 16.1. The maximum Gasteiger partial charge on any atom is 0.272 e. The summed E-state index contributed by atoms with van der Waals surface area (Å²) in [6.07, 6.45) is 6.76. The van der Waals surface area contributed by atoms with Gasteiger partial charge in [-0.2, -0.15) is 5.10 Å². The highest BCUT2D eigenvalue weighted by molar-refractivity contribution is 5.93. The van der Waals surface area contributed by atoms with Crippen molar-refractivity contribution in [3.8, 4) is 0 Å². The second-order valence-electron chi connectivity index (χ2n) is 6.84. The van der Waals surface area contributed by atoms with Crippen molar-refractivity contribution in [2.24, 2.45) is 12.8 Å². The maximum absolute atomic E-state index is 12.6. The van der Waals surface area contributed by atoms with Gasteiger partial charge in [0.05, 0.1) is 12.2 Å². The Hall–Kier alpha value is -2.71. The number of carbonyl (C=O) groups excluding carboxylic acids is 1. The van der Waals surface area contributed by atoms with Crippen LogP contribution in [0.3, 0.4) is 0 Å². The van der Waals surface area contributed by atoms with E-state index < -0.39 is 0 Å². The molecule has 1 atom stereocenters. The zero-order valence-electron chi connectivity index (χ0n) is 14.8. The van der Waals surface area contributed by atoms with E-state index in [-0.39, 0.29) is 11.9 Å². The van der Waals surface area contributed by atoms with E-state index in [9.17, 15) is 4.79 Å². The summed E-state index contributed by atoms with van der Waals surface area (Å²) in [5.74, 6) is -0.179. The molecule has 0 saturated carbocycles. The van der Waals surface area contributed by atoms with Gasteiger partial charge in [-0.3, -0.25) is 14.4 Å². The number of aromatic nitrogens is 4. The molecular formula is C18H23N7O. The molecule has 1 aliphatic rings. The second-order valence-corrected chi connectivity index (χ2v) is 6.84. The molecule has 0 bridgehead atoms. The summed E-state index contributed by atoms with van der Waals surface area (Å²) in [7, 11) is 1.83. The Kier molecular flexibility index (Phi) is 4.44. The topological polar surface area (TPSA) is 93.5 Å². The fourth-order valence-electron chi connectivity index (χ4n) is 3.42. The number of hydrogen-bond donors (Lipinski definition) is 2. The average molecular weight is 353 g/mol. The van der Waals surface area contributed by atoms with E-state index in [2.05, 4.69) is 20.3 Å². The minimum Gasteiger partial charge on any atom is -0.345 e. The molecule has 4 heterocycles. The lowest BCUT2D eigenvalue weighted by molar-refractivity contribution is 0.0943. The van der Waals surface area contributed by atoms with Crippen molar-refractivity contribution < 1.29 is 4.79 Å². The summed E-state index contributed by atoms with van der Waals surface area (Å²) >= 11 is 0. The Labute approximate surface area is 151 Å². The van der Waals surface area contributed by atoms with Crippen LogP contribution in [-0.4, -0.2) is 49.1 Å². The monoisotopic (exact) mass is 353 g/mol. The first kappa shape index (κ1) is 16.7. The molecule has 8 nitrogen and oxygen atoms in total. The fourth-order valence-corrected chi connectivity index (χ4v) is 3.42. The average Bonchev–Trinajstić information content (AvgIpc) is 3.31. The van der Waals surface area contributed by atoms with Crippen LogP contribution in [0, 0.1) is 0 Å². The Morgan fingerprint density at radius 1 is 1.38 bits per heavy atom. The van der Waals surface area contributed by atoms with Gasteiger partial charge in [0.25, 0.3) is 5.91 Å². The fraction of sp³-hybridized carbons (Fsp3) is 0.389. The number of pyridine rings is 1. The third-order valence-electron chi connectivity index (χ3n) is 4.67. The van der Waals surface area contributed by atoms with E-state index in [1.165, 1.54) is 0 Å². The van der Waals surface area contributed by atoms with Gasteiger partial charge in [0.15, 0.2) is 5.69 Å². The van der Waals surface area contributed by atoms with Crippen LogP contribution in [-0.2, 0) is 20.1 Å². The largest absolute Gasteiger partial charge is 0.345 e. The number of fused-ring (bicyclic) bond motifs is 1. The molecule has 1 unspecified atom stereocenters. The summed E-state index contributed by atoms with van der Waals surface area (Å²) in [4.78, 5) is 19.4. The quantitative estimate of drug-likeness (QED) is 0.698. The van der Waals surface area contributed by atoms with Gasteiger partial charge >= 0.3 is 0 Å². The van der Waals surface area contributed by atoms with Gasteiger partial charge in [0.1, 0.15) is 5.65 Å². The predicted octanol–water partition coefficient (Wildman–Crippen LogP) is 0.531. The number of nitrogens with one attached hydrogen (secondary N) is 1. The third kappa shape index (κ3) is 3.47. The number of likely N-dealkylation sites (tertiary alicyclic amines) is 1. The lowest BCUT2D eigenvalue weighted by atomic mass is 10.2. The van der Waals surface area contributed by atoms with Crippen molar-refractivity contribution in [3.05, 3.63) is 53.7 Å². The molecule has 3 aromatic heterocycles. The van der Waals surface area contributed by atoms with Crippen LogP contribution < -0.4 is 11.1 Å². The van der Waals surface area contributed by atoms with Gasteiger partial charge in [0.2, 0.25) is 0 Å². The van der Waals surface area contributed by atoms with E-state index in [4.69, 9.17) is 5.73 Å². The molecule has 26 heavy (non-hydrogen) atoms. The molecule has 0 spiro atoms. The smallest absolute Gasteiger partial charge is 0.272 e. The number of carbonyl (C=O) groups is 1. The van der Waals surface area contributed by atoms with E-state index >= 15 is 0 Å². The molecular weight excluding hydrogens is 330 g/mol. The number of aryl methyl sites for hydroxylation is 1. The van der Waals surface area contributed by atoms with Gasteiger partial charge in [-0.15, -0.1) is 0 Å². The molecule has 0 aliphatic carbocycles. The van der Waals surface area contributed by atoms with Crippen molar-refractivity contribution in [2.45, 2.75) is 25.6 Å². The molecule has 136 valence electrons. The van der Waals surface area contributed by atoms with Crippen LogP contribution in [0.25, 0.3) is 5.65 Å². The maximum atomic E-state index is 12.6. The molecule has 0 aromatic carbocycles. The summed E-state index contributed by atoms with van der Waals surface area (Å²) < 4.78 is 3.62. The van der Waals surface area contributed by atoms with Gasteiger partial charge in [0, 0.05) is 56.9 Å². The number of rotatable bonds is 5. The molecule has 3 N–H and O–H groups in total. The first-order valence-corrected chi connectivity index (χ1v) is 8.80. The minimum atomic E-state index is -0.179. The number of nitrogens with two attached hydrogens (primary N) is 1. The van der Waals surface area contributed by atoms with E-state index in [1.54, 1.807) is 4.68 Å². The first-order chi connectivity index (χ1) is 12.6. The van der Waals surface area contributed by atoms with Gasteiger partial charge < -0.3 is 15.5 Å². The summed E-state index contributed by atoms with van der Waals surface area (Å²) in [6.45, 7) is 2.87. The minimum absolute atomic E-state index is 0.179. The zero-order chi connectivity index (χ0) is 18.1. The van der Waals surface area contributed by atoms with Crippen molar-refractivity contribution in [1.82, 2.24) is 29.4 Å². The van der Waals surface area contributed by atoms with Crippen molar-refractivity contribution in [3.63, 3.8) is 0 Å². The number of nitrogens with zero attached hydrogens (tertiary/aromatic N) is 5. The summed E-state index contributed by atoms with van der Waals surface area (Å²) in [6, 6.07) is 6.04. The summed E-state index contributed by atoms with van der Waals surface area (Å²) in [5.41, 5.74) is 9.04. The van der Waals surface area contributed by atoms with Crippen molar-refractivity contribution >= 4 is 11.6 Å². The third-order valence-corrected chi connectivity index (χ3v) is 4.67. The van der Waals surface area contributed by atoms with E-state index in [0.717, 1.165) is 36.4 Å². The molecule has 1 saturated heterocycles. The highest BCUT2D eigenvalue weighted by Gasteiger charge is 2.23. The zero-order valence-corrected chi connectivity index (χ0v) is 14.8. The van der Waals surface area contributed by atoms with Crippen LogP contribution in [0.1, 0.15) is 28.2 Å². The molecule has 3 aromatic rings. The number of hydrogen-bond acceptors (Lipinski definition) is 5. The van der Waals surface area contributed by atoms with Crippen LogP contribution in [0.5, 0.6) is 0 Å². The molecule has 8 heteroatoms. The Bertz CT molecular complexity index is 896. The SMILES string of the molecule is Cn1cc(CN2CCC(N)C2)c(C(=O)NCc2cn3ccccc3n2)n1. The van der Waals surface area contributed by atoms with Crippen molar-refractivity contribution in [2.75, 3.05) is 13.1 Å². The molecule has 4 rings (SSSR count). The normalized spacial score (nSPS) is 17.8. The highest BCUT2D eigenvalue weighted by Crippen LogP contribution is 2.15. The van der Waals surface area contributed by atoms with Crippen LogP contribution in [0.4, 0.5) is 0 Å². The van der Waals surface area contributed by atoms with Gasteiger partial charge in [-0.05, 0) is 18.6 Å². The van der Waals surface area contributed by atoms with Crippen LogP contribution in [0.15, 0.2) is 36.8 Å². The van der Waals surface area contributed by atoms with Crippen LogP contribution >= 0.6 is 0 Å². The van der Waals surface area contributed by atoms with E-state index in [1.807, 2.05) is 48.2 Å². The second kappa shape index (κ2) is 6.89. The first-order valence-electron chi connectivity index (χ1n) is 8.80.